The van der Waals surface area contributed by atoms with Crippen molar-refractivity contribution in [3.63, 3.8) is 0 Å². The van der Waals surface area contributed by atoms with Gasteiger partial charge < -0.3 is 5.73 Å². The molecule has 0 aromatic heterocycles. The van der Waals surface area contributed by atoms with E-state index < -0.39 is 10.0 Å². The van der Waals surface area contributed by atoms with Gasteiger partial charge in [-0.15, -0.1) is 0 Å². The highest BCUT2D eigenvalue weighted by molar-refractivity contribution is 7.89. The highest BCUT2D eigenvalue weighted by Gasteiger charge is 2.33. The number of nitrogens with two attached hydrogens (primary N) is 1. The SMILES string of the molecule is Cc1ccc(S(=O)(=O)NC2CCC(C)C2C)cc1CN. The van der Waals surface area contributed by atoms with Crippen molar-refractivity contribution < 1.29 is 8.42 Å². The number of hydrogen-bond donors (Lipinski definition) is 2. The molecule has 0 radical (unpaired) electrons. The molecule has 1 aromatic rings. The molecule has 1 fully saturated rings. The molecule has 0 heterocycles. The summed E-state index contributed by atoms with van der Waals surface area (Å²) in [4.78, 5) is 0.315. The predicted octanol–water partition coefficient (Wildman–Crippen LogP) is 2.17. The van der Waals surface area contributed by atoms with E-state index in [9.17, 15) is 8.42 Å². The standard InChI is InChI=1S/C15H24N2O2S/c1-10-5-7-15(12(10)3)17-20(18,19)14-6-4-11(2)13(8-14)9-16/h4,6,8,10,12,15,17H,5,7,9,16H2,1-3H3. The van der Waals surface area contributed by atoms with Gasteiger partial charge in [-0.1, -0.05) is 19.9 Å². The molecule has 0 aliphatic heterocycles. The Morgan fingerprint density at radius 3 is 2.55 bits per heavy atom. The van der Waals surface area contributed by atoms with Crippen LogP contribution in [-0.4, -0.2) is 14.5 Å². The van der Waals surface area contributed by atoms with Crippen LogP contribution < -0.4 is 10.5 Å². The third-order valence-electron chi connectivity index (χ3n) is 4.62. The summed E-state index contributed by atoms with van der Waals surface area (Å²) in [5.41, 5.74) is 7.55. The second kappa shape index (κ2) is 5.84. The van der Waals surface area contributed by atoms with Gasteiger partial charge in [0.05, 0.1) is 4.90 Å². The van der Waals surface area contributed by atoms with E-state index in [-0.39, 0.29) is 6.04 Å². The molecule has 20 heavy (non-hydrogen) atoms. The largest absolute Gasteiger partial charge is 0.326 e. The van der Waals surface area contributed by atoms with E-state index in [2.05, 4.69) is 18.6 Å². The van der Waals surface area contributed by atoms with Crippen LogP contribution in [-0.2, 0) is 16.6 Å². The Kier molecular flexibility index (Phi) is 4.52. The summed E-state index contributed by atoms with van der Waals surface area (Å²) < 4.78 is 27.8. The van der Waals surface area contributed by atoms with Gasteiger partial charge in [0.2, 0.25) is 10.0 Å². The van der Waals surface area contributed by atoms with Crippen molar-refractivity contribution in [3.05, 3.63) is 29.3 Å². The number of sulfonamides is 1. The van der Waals surface area contributed by atoms with Crippen molar-refractivity contribution in [1.29, 1.82) is 0 Å². The maximum atomic E-state index is 12.5. The number of benzene rings is 1. The molecule has 2 rings (SSSR count). The number of nitrogens with one attached hydrogen (secondary N) is 1. The van der Waals surface area contributed by atoms with E-state index in [0.717, 1.165) is 24.0 Å². The Labute approximate surface area is 121 Å². The Hall–Kier alpha value is -0.910. The molecule has 5 heteroatoms. The minimum absolute atomic E-state index is 0.0395. The van der Waals surface area contributed by atoms with Gasteiger partial charge in [0.25, 0.3) is 0 Å². The fourth-order valence-electron chi connectivity index (χ4n) is 2.83. The van der Waals surface area contributed by atoms with Gasteiger partial charge in [0.15, 0.2) is 0 Å². The first-order chi connectivity index (χ1) is 9.35. The lowest BCUT2D eigenvalue weighted by molar-refractivity contribution is 0.402. The summed E-state index contributed by atoms with van der Waals surface area (Å²) in [7, 11) is -3.45. The van der Waals surface area contributed by atoms with Crippen molar-refractivity contribution in [1.82, 2.24) is 4.72 Å². The van der Waals surface area contributed by atoms with E-state index in [1.807, 2.05) is 13.0 Å². The molecule has 1 aromatic carbocycles. The van der Waals surface area contributed by atoms with Crippen LogP contribution >= 0.6 is 0 Å². The van der Waals surface area contributed by atoms with E-state index in [1.165, 1.54) is 0 Å². The van der Waals surface area contributed by atoms with Crippen LogP contribution in [0, 0.1) is 18.8 Å². The number of aryl methyl sites for hydroxylation is 1. The van der Waals surface area contributed by atoms with Gasteiger partial charge in [-0.2, -0.15) is 0 Å². The molecule has 112 valence electrons. The van der Waals surface area contributed by atoms with E-state index in [1.54, 1.807) is 12.1 Å². The van der Waals surface area contributed by atoms with Gasteiger partial charge in [0.1, 0.15) is 0 Å². The molecule has 1 aliphatic rings. The summed E-state index contributed by atoms with van der Waals surface area (Å²) in [5.74, 6) is 0.949. The van der Waals surface area contributed by atoms with Crippen molar-refractivity contribution in [2.75, 3.05) is 0 Å². The second-order valence-corrected chi connectivity index (χ2v) is 7.65. The third kappa shape index (κ3) is 3.05. The molecule has 0 amide bonds. The monoisotopic (exact) mass is 296 g/mol. The molecule has 0 saturated heterocycles. The van der Waals surface area contributed by atoms with Crippen molar-refractivity contribution in [2.45, 2.75) is 51.1 Å². The fourth-order valence-corrected chi connectivity index (χ4v) is 4.25. The lowest BCUT2D eigenvalue weighted by atomic mass is 9.98. The highest BCUT2D eigenvalue weighted by atomic mass is 32.2. The quantitative estimate of drug-likeness (QED) is 0.894. The topological polar surface area (TPSA) is 72.2 Å². The number of hydrogen-bond acceptors (Lipinski definition) is 3. The lowest BCUT2D eigenvalue weighted by Crippen LogP contribution is -2.37. The molecule has 1 aliphatic carbocycles. The zero-order valence-corrected chi connectivity index (χ0v) is 13.2. The summed E-state index contributed by atoms with van der Waals surface area (Å²) in [6.07, 6.45) is 1.99. The van der Waals surface area contributed by atoms with E-state index >= 15 is 0 Å². The number of rotatable bonds is 4. The maximum Gasteiger partial charge on any atom is 0.240 e. The van der Waals surface area contributed by atoms with Gasteiger partial charge in [-0.05, 0) is 54.9 Å². The van der Waals surface area contributed by atoms with Gasteiger partial charge in [-0.3, -0.25) is 0 Å². The van der Waals surface area contributed by atoms with Crippen LogP contribution in [0.4, 0.5) is 0 Å². The van der Waals surface area contributed by atoms with Crippen LogP contribution in [0.1, 0.15) is 37.8 Å². The summed E-state index contributed by atoms with van der Waals surface area (Å²) in [5, 5.41) is 0. The average Bonchev–Trinajstić information content (AvgIpc) is 2.70. The molecular formula is C15H24N2O2S. The van der Waals surface area contributed by atoms with Crippen molar-refractivity contribution in [3.8, 4) is 0 Å². The van der Waals surface area contributed by atoms with Crippen LogP contribution in [0.15, 0.2) is 23.1 Å². The smallest absolute Gasteiger partial charge is 0.240 e. The van der Waals surface area contributed by atoms with E-state index in [0.29, 0.717) is 23.3 Å². The zero-order chi connectivity index (χ0) is 14.9. The Morgan fingerprint density at radius 1 is 1.30 bits per heavy atom. The molecule has 3 unspecified atom stereocenters. The Bertz CT molecular complexity index is 584. The minimum atomic E-state index is -3.45. The second-order valence-electron chi connectivity index (χ2n) is 5.93. The minimum Gasteiger partial charge on any atom is -0.326 e. The molecule has 1 saturated carbocycles. The Morgan fingerprint density at radius 2 is 2.00 bits per heavy atom. The molecular weight excluding hydrogens is 272 g/mol. The first-order valence-corrected chi connectivity index (χ1v) is 8.65. The van der Waals surface area contributed by atoms with Crippen molar-refractivity contribution in [2.24, 2.45) is 17.6 Å². The first kappa shape index (κ1) is 15.5. The normalized spacial score (nSPS) is 26.9. The Balaban J connectivity index is 2.22. The van der Waals surface area contributed by atoms with E-state index in [4.69, 9.17) is 5.73 Å². The fraction of sp³-hybridized carbons (Fsp3) is 0.600. The maximum absolute atomic E-state index is 12.5. The van der Waals surface area contributed by atoms with Crippen LogP contribution in [0.25, 0.3) is 0 Å². The molecule has 0 bridgehead atoms. The molecule has 4 nitrogen and oxygen atoms in total. The van der Waals surface area contributed by atoms with Gasteiger partial charge >= 0.3 is 0 Å². The van der Waals surface area contributed by atoms with Gasteiger partial charge in [-0.25, -0.2) is 13.1 Å². The van der Waals surface area contributed by atoms with Crippen LogP contribution in [0.3, 0.4) is 0 Å². The van der Waals surface area contributed by atoms with Gasteiger partial charge in [0, 0.05) is 12.6 Å². The summed E-state index contributed by atoms with van der Waals surface area (Å²) >= 11 is 0. The molecule has 3 atom stereocenters. The van der Waals surface area contributed by atoms with Crippen molar-refractivity contribution >= 4 is 10.0 Å². The highest BCUT2D eigenvalue weighted by Crippen LogP contribution is 2.32. The lowest BCUT2D eigenvalue weighted by Gasteiger charge is -2.20. The summed E-state index contributed by atoms with van der Waals surface area (Å²) in [6.45, 7) is 6.58. The predicted molar refractivity (Wildman–Crippen MR) is 80.7 cm³/mol. The van der Waals surface area contributed by atoms with Crippen LogP contribution in [0.5, 0.6) is 0 Å². The molecule has 3 N–H and O–H groups in total. The zero-order valence-electron chi connectivity index (χ0n) is 12.4. The molecule has 0 spiro atoms. The first-order valence-electron chi connectivity index (χ1n) is 7.17. The summed E-state index contributed by atoms with van der Waals surface area (Å²) in [6, 6.07) is 5.19. The average molecular weight is 296 g/mol. The third-order valence-corrected chi connectivity index (χ3v) is 6.11. The van der Waals surface area contributed by atoms with Crippen LogP contribution in [0.2, 0.25) is 0 Å².